The number of hydrogen-bond donors (Lipinski definition) is 1. The van der Waals surface area contributed by atoms with Crippen LogP contribution < -0.4 is 5.73 Å². The number of carbonyl (C=O) groups excluding carboxylic acids is 1. The molecule has 0 spiro atoms. The molecule has 0 aliphatic carbocycles. The number of aromatic nitrogens is 2. The van der Waals surface area contributed by atoms with Crippen molar-refractivity contribution in [2.24, 2.45) is 7.05 Å². The van der Waals surface area contributed by atoms with Crippen molar-refractivity contribution in [1.82, 2.24) is 9.78 Å². The summed E-state index contributed by atoms with van der Waals surface area (Å²) in [6.45, 7) is 2.21. The van der Waals surface area contributed by atoms with Crippen LogP contribution in [-0.2, 0) is 24.8 Å². The normalized spacial score (nSPS) is 10.6. The Kier molecular flexibility index (Phi) is 4.44. The highest BCUT2D eigenvalue weighted by molar-refractivity contribution is 9.10. The van der Waals surface area contributed by atoms with E-state index in [-0.39, 0.29) is 6.61 Å². The lowest BCUT2D eigenvalue weighted by Crippen LogP contribution is -2.09. The van der Waals surface area contributed by atoms with Crippen molar-refractivity contribution in [3.8, 4) is 0 Å². The molecule has 0 aliphatic heterocycles. The van der Waals surface area contributed by atoms with Gasteiger partial charge < -0.3 is 10.5 Å². The van der Waals surface area contributed by atoms with E-state index in [2.05, 4.69) is 21.0 Å². The Bertz CT molecular complexity index is 637. The van der Waals surface area contributed by atoms with Crippen LogP contribution in [-0.4, -0.2) is 15.7 Å². The largest absolute Gasteiger partial charge is 0.456 e. The van der Waals surface area contributed by atoms with Gasteiger partial charge in [0.2, 0.25) is 0 Å². The lowest BCUT2D eigenvalue weighted by Gasteiger charge is -2.07. The van der Waals surface area contributed by atoms with E-state index in [0.717, 1.165) is 17.8 Å². The quantitative estimate of drug-likeness (QED) is 0.687. The van der Waals surface area contributed by atoms with E-state index in [1.54, 1.807) is 22.9 Å². The summed E-state index contributed by atoms with van der Waals surface area (Å²) in [4.78, 5) is 12.0. The van der Waals surface area contributed by atoms with E-state index in [0.29, 0.717) is 15.7 Å². The number of aryl methyl sites for hydroxylation is 2. The smallest absolute Gasteiger partial charge is 0.339 e. The van der Waals surface area contributed by atoms with Crippen LogP contribution in [0.15, 0.2) is 28.7 Å². The summed E-state index contributed by atoms with van der Waals surface area (Å²) in [6, 6.07) is 6.97. The zero-order valence-electron chi connectivity index (χ0n) is 11.4. The number of halogens is 1. The highest BCUT2D eigenvalue weighted by Crippen LogP contribution is 2.21. The van der Waals surface area contributed by atoms with Gasteiger partial charge >= 0.3 is 5.97 Å². The van der Waals surface area contributed by atoms with Crippen LogP contribution in [0.2, 0.25) is 0 Å². The summed E-state index contributed by atoms with van der Waals surface area (Å²) in [5.41, 5.74) is 8.45. The summed E-state index contributed by atoms with van der Waals surface area (Å²) in [5.74, 6) is -0.413. The molecular formula is C14H16BrN3O2. The van der Waals surface area contributed by atoms with Crippen molar-refractivity contribution in [2.45, 2.75) is 20.0 Å². The Hall–Kier alpha value is -1.82. The molecule has 0 amide bonds. The summed E-state index contributed by atoms with van der Waals surface area (Å²) in [5, 5.41) is 4.31. The van der Waals surface area contributed by atoms with Crippen LogP contribution in [0.25, 0.3) is 0 Å². The van der Waals surface area contributed by atoms with Gasteiger partial charge in [-0.25, -0.2) is 4.79 Å². The molecule has 2 N–H and O–H groups in total. The topological polar surface area (TPSA) is 70.1 Å². The Balaban J connectivity index is 2.08. The van der Waals surface area contributed by atoms with Gasteiger partial charge in [-0.05, 0) is 46.6 Å². The maximum Gasteiger partial charge on any atom is 0.339 e. The van der Waals surface area contributed by atoms with Crippen LogP contribution in [0.1, 0.15) is 28.7 Å². The summed E-state index contributed by atoms with van der Waals surface area (Å²) < 4.78 is 7.69. The van der Waals surface area contributed by atoms with E-state index >= 15 is 0 Å². The fraction of sp³-hybridized carbons (Fsp3) is 0.286. The molecule has 5 nitrogen and oxygen atoms in total. The fourth-order valence-electron chi connectivity index (χ4n) is 1.80. The molecule has 0 fully saturated rings. The molecule has 20 heavy (non-hydrogen) atoms. The average molecular weight is 338 g/mol. The minimum Gasteiger partial charge on any atom is -0.456 e. The Morgan fingerprint density at radius 3 is 2.85 bits per heavy atom. The second kappa shape index (κ2) is 6.09. The van der Waals surface area contributed by atoms with Gasteiger partial charge in [0.15, 0.2) is 0 Å². The van der Waals surface area contributed by atoms with Crippen LogP contribution in [0.5, 0.6) is 0 Å². The highest BCUT2D eigenvalue weighted by atomic mass is 79.9. The van der Waals surface area contributed by atoms with Gasteiger partial charge in [-0.15, -0.1) is 0 Å². The maximum atomic E-state index is 12.0. The van der Waals surface area contributed by atoms with Crippen molar-refractivity contribution in [3.05, 3.63) is 45.7 Å². The maximum absolute atomic E-state index is 12.0. The molecular weight excluding hydrogens is 322 g/mol. The lowest BCUT2D eigenvalue weighted by molar-refractivity contribution is 0.0462. The number of nitrogen functional groups attached to an aromatic ring is 1. The summed E-state index contributed by atoms with van der Waals surface area (Å²) >= 11 is 3.31. The number of hydrogen-bond acceptors (Lipinski definition) is 4. The van der Waals surface area contributed by atoms with Crippen molar-refractivity contribution in [2.75, 3.05) is 5.73 Å². The number of esters is 1. The molecule has 2 rings (SSSR count). The SMILES string of the molecule is CCc1cc(COC(=O)c2cc(N)ccc2Br)n(C)n1. The van der Waals surface area contributed by atoms with E-state index in [9.17, 15) is 4.79 Å². The van der Waals surface area contributed by atoms with E-state index in [1.807, 2.05) is 20.0 Å². The van der Waals surface area contributed by atoms with Crippen molar-refractivity contribution >= 4 is 27.6 Å². The number of ether oxygens (including phenoxy) is 1. The van der Waals surface area contributed by atoms with Crippen molar-refractivity contribution < 1.29 is 9.53 Å². The Labute approximate surface area is 125 Å². The second-order valence-electron chi connectivity index (χ2n) is 4.42. The Morgan fingerprint density at radius 1 is 1.45 bits per heavy atom. The molecule has 0 saturated heterocycles. The van der Waals surface area contributed by atoms with E-state index < -0.39 is 5.97 Å². The van der Waals surface area contributed by atoms with Gasteiger partial charge in [-0.1, -0.05) is 6.92 Å². The number of nitrogens with two attached hydrogens (primary N) is 1. The van der Waals surface area contributed by atoms with Gasteiger partial charge in [0, 0.05) is 17.2 Å². The third-order valence-corrected chi connectivity index (χ3v) is 3.64. The molecule has 6 heteroatoms. The fourth-order valence-corrected chi connectivity index (χ4v) is 2.20. The number of carbonyl (C=O) groups is 1. The Morgan fingerprint density at radius 2 is 2.20 bits per heavy atom. The lowest BCUT2D eigenvalue weighted by atomic mass is 10.2. The average Bonchev–Trinajstić information content (AvgIpc) is 2.79. The van der Waals surface area contributed by atoms with Gasteiger partial charge in [0.25, 0.3) is 0 Å². The number of rotatable bonds is 4. The highest BCUT2D eigenvalue weighted by Gasteiger charge is 2.13. The van der Waals surface area contributed by atoms with Crippen molar-refractivity contribution in [3.63, 3.8) is 0 Å². The molecule has 1 heterocycles. The molecule has 0 saturated carbocycles. The molecule has 0 atom stereocenters. The first kappa shape index (κ1) is 14.6. The molecule has 0 unspecified atom stereocenters. The van der Waals surface area contributed by atoms with Crippen LogP contribution >= 0.6 is 15.9 Å². The minimum atomic E-state index is -0.413. The number of anilines is 1. The number of benzene rings is 1. The second-order valence-corrected chi connectivity index (χ2v) is 5.27. The molecule has 0 bridgehead atoms. The van der Waals surface area contributed by atoms with Gasteiger partial charge in [0.05, 0.1) is 17.0 Å². The monoisotopic (exact) mass is 337 g/mol. The van der Waals surface area contributed by atoms with Crippen LogP contribution in [0, 0.1) is 0 Å². The van der Waals surface area contributed by atoms with Gasteiger partial charge in [-0.2, -0.15) is 5.10 Å². The molecule has 1 aromatic carbocycles. The molecule has 2 aromatic rings. The molecule has 0 aliphatic rings. The van der Waals surface area contributed by atoms with Crippen molar-refractivity contribution in [1.29, 1.82) is 0 Å². The molecule has 1 aromatic heterocycles. The molecule has 0 radical (unpaired) electrons. The van der Waals surface area contributed by atoms with Gasteiger partial charge in [0.1, 0.15) is 6.61 Å². The third-order valence-electron chi connectivity index (χ3n) is 2.95. The zero-order valence-corrected chi connectivity index (χ0v) is 13.0. The van der Waals surface area contributed by atoms with Gasteiger partial charge in [-0.3, -0.25) is 4.68 Å². The number of nitrogens with zero attached hydrogens (tertiary/aromatic N) is 2. The summed E-state index contributed by atoms with van der Waals surface area (Å²) in [6.07, 6.45) is 0.850. The van der Waals surface area contributed by atoms with Crippen LogP contribution in [0.3, 0.4) is 0 Å². The van der Waals surface area contributed by atoms with E-state index in [1.165, 1.54) is 0 Å². The first-order valence-electron chi connectivity index (χ1n) is 6.25. The predicted octanol–water partition coefficient (Wildman–Crippen LogP) is 2.68. The summed E-state index contributed by atoms with van der Waals surface area (Å²) in [7, 11) is 1.83. The predicted molar refractivity (Wildman–Crippen MR) is 80.3 cm³/mol. The van der Waals surface area contributed by atoms with E-state index in [4.69, 9.17) is 10.5 Å². The zero-order chi connectivity index (χ0) is 14.7. The third kappa shape index (κ3) is 3.19. The first-order chi connectivity index (χ1) is 9.51. The standard InChI is InChI=1S/C14H16BrN3O2/c1-3-10-7-11(18(2)17-10)8-20-14(19)12-6-9(16)4-5-13(12)15/h4-7H,3,8,16H2,1-2H3. The first-order valence-corrected chi connectivity index (χ1v) is 7.04. The van der Waals surface area contributed by atoms with Crippen LogP contribution in [0.4, 0.5) is 5.69 Å². The molecule has 106 valence electrons. The minimum absolute atomic E-state index is 0.184.